The number of methoxy groups -OCH3 is 1. The van der Waals surface area contributed by atoms with Crippen molar-refractivity contribution in [2.75, 3.05) is 7.11 Å². The number of para-hydroxylation sites is 2. The van der Waals surface area contributed by atoms with Gasteiger partial charge in [0.1, 0.15) is 16.5 Å². The number of aromatic amines is 1. The fraction of sp³-hybridized carbons (Fsp3) is 0.100. The Morgan fingerprint density at radius 3 is 2.73 bits per heavy atom. The molecule has 5 nitrogen and oxygen atoms in total. The van der Waals surface area contributed by atoms with Crippen molar-refractivity contribution in [2.24, 2.45) is 0 Å². The number of hydrogen-bond acceptors (Lipinski definition) is 4. The molecule has 4 rings (SSSR count). The standard InChI is InChI=1S/C20H17N3O2S/c1-13-6-5-7-15(18-12-14(25-2)10-11-21-18)19(13)26(24)20-22-16-8-3-4-9-17(16)23-20/h3-12H,1-2H3,(H,22,23)/t26-/m1/s1. The maximum atomic E-state index is 13.3. The molecule has 0 unspecified atom stereocenters. The summed E-state index contributed by atoms with van der Waals surface area (Å²) in [6, 6.07) is 17.1. The fourth-order valence-corrected chi connectivity index (χ4v) is 4.21. The van der Waals surface area contributed by atoms with Crippen molar-refractivity contribution in [3.63, 3.8) is 0 Å². The maximum absolute atomic E-state index is 13.3. The maximum Gasteiger partial charge on any atom is 0.202 e. The van der Waals surface area contributed by atoms with Gasteiger partial charge >= 0.3 is 0 Å². The summed E-state index contributed by atoms with van der Waals surface area (Å²) >= 11 is 0. The molecule has 0 saturated heterocycles. The molecule has 1 atom stereocenters. The summed E-state index contributed by atoms with van der Waals surface area (Å²) in [5.74, 6) is 0.706. The van der Waals surface area contributed by atoms with Gasteiger partial charge in [0.15, 0.2) is 0 Å². The van der Waals surface area contributed by atoms with Crippen LogP contribution < -0.4 is 4.74 Å². The van der Waals surface area contributed by atoms with Crippen LogP contribution in [0.2, 0.25) is 0 Å². The Morgan fingerprint density at radius 1 is 1.08 bits per heavy atom. The minimum Gasteiger partial charge on any atom is -0.497 e. The second-order valence-corrected chi connectivity index (χ2v) is 7.19. The third-order valence-electron chi connectivity index (χ3n) is 4.18. The topological polar surface area (TPSA) is 67.9 Å². The number of rotatable bonds is 4. The highest BCUT2D eigenvalue weighted by molar-refractivity contribution is 7.85. The molecule has 2 aromatic heterocycles. The van der Waals surface area contributed by atoms with Gasteiger partial charge in [-0.1, -0.05) is 30.3 Å². The molecule has 0 bridgehead atoms. The van der Waals surface area contributed by atoms with Crippen molar-refractivity contribution in [1.82, 2.24) is 15.0 Å². The van der Waals surface area contributed by atoms with Crippen LogP contribution in [-0.2, 0) is 10.8 Å². The summed E-state index contributed by atoms with van der Waals surface area (Å²) in [5, 5.41) is 0.435. The van der Waals surface area contributed by atoms with Gasteiger partial charge in [-0.2, -0.15) is 0 Å². The third-order valence-corrected chi connectivity index (χ3v) is 5.64. The van der Waals surface area contributed by atoms with Crippen LogP contribution in [0.3, 0.4) is 0 Å². The van der Waals surface area contributed by atoms with Crippen LogP contribution in [0.25, 0.3) is 22.3 Å². The van der Waals surface area contributed by atoms with E-state index in [1.165, 1.54) is 0 Å². The monoisotopic (exact) mass is 363 g/mol. The van der Waals surface area contributed by atoms with Crippen LogP contribution in [0, 0.1) is 6.92 Å². The van der Waals surface area contributed by atoms with Gasteiger partial charge in [0.2, 0.25) is 5.16 Å². The summed E-state index contributed by atoms with van der Waals surface area (Å²) in [4.78, 5) is 12.8. The van der Waals surface area contributed by atoms with Gasteiger partial charge in [-0.3, -0.25) is 4.98 Å². The number of aromatic nitrogens is 3. The van der Waals surface area contributed by atoms with Crippen LogP contribution in [0.15, 0.2) is 70.8 Å². The fourth-order valence-electron chi connectivity index (χ4n) is 2.90. The molecule has 2 heterocycles. The lowest BCUT2D eigenvalue weighted by atomic mass is 10.1. The zero-order valence-corrected chi connectivity index (χ0v) is 15.2. The first kappa shape index (κ1) is 16.5. The molecule has 2 aromatic carbocycles. The minimum atomic E-state index is -1.46. The lowest BCUT2D eigenvalue weighted by molar-refractivity contribution is 0.414. The number of nitrogens with zero attached hydrogens (tertiary/aromatic N) is 2. The Hall–Kier alpha value is -2.99. The number of nitrogens with one attached hydrogen (secondary N) is 1. The Labute approximate surface area is 153 Å². The summed E-state index contributed by atoms with van der Waals surface area (Å²) in [6.07, 6.45) is 1.68. The Balaban J connectivity index is 1.86. The van der Waals surface area contributed by atoms with E-state index in [0.717, 1.165) is 22.2 Å². The van der Waals surface area contributed by atoms with Crippen LogP contribution in [0.4, 0.5) is 0 Å². The van der Waals surface area contributed by atoms with E-state index in [2.05, 4.69) is 15.0 Å². The summed E-state index contributed by atoms with van der Waals surface area (Å²) in [6.45, 7) is 1.94. The normalized spacial score (nSPS) is 12.2. The number of H-pyrrole nitrogens is 1. The second-order valence-electron chi connectivity index (χ2n) is 5.86. The van der Waals surface area contributed by atoms with E-state index in [4.69, 9.17) is 4.74 Å². The number of imidazole rings is 1. The Kier molecular flexibility index (Phi) is 4.26. The quantitative estimate of drug-likeness (QED) is 0.592. The zero-order valence-electron chi connectivity index (χ0n) is 14.4. The lowest BCUT2D eigenvalue weighted by Crippen LogP contribution is -2.01. The number of benzene rings is 2. The minimum absolute atomic E-state index is 0.435. The molecule has 4 aromatic rings. The molecule has 26 heavy (non-hydrogen) atoms. The van der Waals surface area contributed by atoms with E-state index in [1.807, 2.05) is 55.5 Å². The molecule has 0 aliphatic heterocycles. The number of aryl methyl sites for hydroxylation is 1. The van der Waals surface area contributed by atoms with Gasteiger partial charge in [0.05, 0.1) is 28.7 Å². The SMILES string of the molecule is COc1ccnc(-c2cccc(C)c2[S@@](=O)c2nc3ccccc3[nH]2)c1. The van der Waals surface area contributed by atoms with Crippen molar-refractivity contribution in [2.45, 2.75) is 17.0 Å². The number of fused-ring (bicyclic) bond motifs is 1. The highest BCUT2D eigenvalue weighted by Gasteiger charge is 2.20. The number of pyridine rings is 1. The van der Waals surface area contributed by atoms with Crippen LogP contribution in [-0.4, -0.2) is 26.3 Å². The molecule has 130 valence electrons. The zero-order chi connectivity index (χ0) is 18.1. The summed E-state index contributed by atoms with van der Waals surface area (Å²) in [7, 11) is 0.155. The molecule has 0 radical (unpaired) electrons. The third kappa shape index (κ3) is 2.88. The average Bonchev–Trinajstić information content (AvgIpc) is 3.11. The first-order valence-electron chi connectivity index (χ1n) is 8.14. The van der Waals surface area contributed by atoms with Gasteiger partial charge < -0.3 is 9.72 Å². The van der Waals surface area contributed by atoms with Gasteiger partial charge in [-0.25, -0.2) is 9.19 Å². The smallest absolute Gasteiger partial charge is 0.202 e. The predicted octanol–water partition coefficient (Wildman–Crippen LogP) is 4.11. The van der Waals surface area contributed by atoms with E-state index < -0.39 is 10.8 Å². The van der Waals surface area contributed by atoms with Crippen LogP contribution in [0.1, 0.15) is 5.56 Å². The molecular weight excluding hydrogens is 346 g/mol. The summed E-state index contributed by atoms with van der Waals surface area (Å²) < 4.78 is 18.6. The molecular formula is C20H17N3O2S. The van der Waals surface area contributed by atoms with Gasteiger partial charge in [-0.05, 0) is 30.7 Å². The summed E-state index contributed by atoms with van der Waals surface area (Å²) in [5.41, 5.74) is 4.11. The van der Waals surface area contributed by atoms with Gasteiger partial charge in [0, 0.05) is 17.8 Å². The van der Waals surface area contributed by atoms with Crippen molar-refractivity contribution < 1.29 is 8.95 Å². The number of hydrogen-bond donors (Lipinski definition) is 1. The van der Waals surface area contributed by atoms with Crippen LogP contribution in [0.5, 0.6) is 5.75 Å². The average molecular weight is 363 g/mol. The van der Waals surface area contributed by atoms with Gasteiger partial charge in [0.25, 0.3) is 0 Å². The van der Waals surface area contributed by atoms with E-state index >= 15 is 0 Å². The van der Waals surface area contributed by atoms with Crippen LogP contribution >= 0.6 is 0 Å². The molecule has 0 spiro atoms. The molecule has 0 aliphatic rings. The molecule has 0 fully saturated rings. The van der Waals surface area contributed by atoms with Gasteiger partial charge in [-0.15, -0.1) is 0 Å². The molecule has 0 amide bonds. The van der Waals surface area contributed by atoms with Crippen molar-refractivity contribution in [3.05, 3.63) is 66.4 Å². The Bertz CT molecular complexity index is 1090. The van der Waals surface area contributed by atoms with E-state index in [0.29, 0.717) is 21.5 Å². The highest BCUT2D eigenvalue weighted by atomic mass is 32.2. The predicted molar refractivity (Wildman–Crippen MR) is 102 cm³/mol. The van der Waals surface area contributed by atoms with Crippen molar-refractivity contribution in [3.8, 4) is 17.0 Å². The highest BCUT2D eigenvalue weighted by Crippen LogP contribution is 2.31. The number of ether oxygens (including phenoxy) is 1. The van der Waals surface area contributed by atoms with E-state index in [-0.39, 0.29) is 0 Å². The first-order chi connectivity index (χ1) is 12.7. The Morgan fingerprint density at radius 2 is 1.92 bits per heavy atom. The second kappa shape index (κ2) is 6.72. The molecule has 1 N–H and O–H groups in total. The first-order valence-corrected chi connectivity index (χ1v) is 9.29. The molecule has 0 saturated carbocycles. The molecule has 0 aliphatic carbocycles. The van der Waals surface area contributed by atoms with Crippen molar-refractivity contribution in [1.29, 1.82) is 0 Å². The van der Waals surface area contributed by atoms with E-state index in [1.54, 1.807) is 19.4 Å². The van der Waals surface area contributed by atoms with E-state index in [9.17, 15) is 4.21 Å². The molecule has 6 heteroatoms. The lowest BCUT2D eigenvalue weighted by Gasteiger charge is -2.11. The largest absolute Gasteiger partial charge is 0.497 e. The van der Waals surface area contributed by atoms with Crippen molar-refractivity contribution >= 4 is 21.8 Å².